The van der Waals surface area contributed by atoms with Crippen molar-refractivity contribution in [3.63, 3.8) is 0 Å². The Morgan fingerprint density at radius 2 is 1.93 bits per heavy atom. The molecule has 3 aromatic rings. The Kier molecular flexibility index (Phi) is 5.64. The van der Waals surface area contributed by atoms with Gasteiger partial charge in [0.25, 0.3) is 0 Å². The Bertz CT molecular complexity index is 1060. The van der Waals surface area contributed by atoms with Gasteiger partial charge in [-0.05, 0) is 44.2 Å². The van der Waals surface area contributed by atoms with Crippen LogP contribution in [0.15, 0.2) is 53.4 Å². The van der Waals surface area contributed by atoms with E-state index in [2.05, 4.69) is 37.9 Å². The van der Waals surface area contributed by atoms with Crippen molar-refractivity contribution in [1.29, 1.82) is 0 Å². The third-order valence-electron chi connectivity index (χ3n) is 3.86. The highest BCUT2D eigenvalue weighted by Crippen LogP contribution is 2.30. The topological polar surface area (TPSA) is 63.1 Å². The van der Waals surface area contributed by atoms with E-state index < -0.39 is 11.7 Å². The molecule has 0 aliphatic carbocycles. The average molecular weight is 403 g/mol. The van der Waals surface area contributed by atoms with Crippen molar-refractivity contribution >= 4 is 46.3 Å². The number of anilines is 2. The van der Waals surface area contributed by atoms with Crippen LogP contribution in [0, 0.1) is 0 Å². The van der Waals surface area contributed by atoms with Crippen LogP contribution in [-0.4, -0.2) is 21.2 Å². The molecular weight excluding hydrogens is 387 g/mol. The van der Waals surface area contributed by atoms with E-state index in [0.29, 0.717) is 27.3 Å². The fourth-order valence-corrected chi connectivity index (χ4v) is 2.67. The first-order chi connectivity index (χ1) is 13.3. The van der Waals surface area contributed by atoms with Gasteiger partial charge in [0.2, 0.25) is 0 Å². The number of nitrogens with one attached hydrogen (secondary N) is 1. The lowest BCUT2D eigenvalue weighted by Gasteiger charge is -2.11. The molecule has 3 aromatic heterocycles. The van der Waals surface area contributed by atoms with Gasteiger partial charge in [-0.1, -0.05) is 0 Å². The third-order valence-corrected chi connectivity index (χ3v) is 4.42. The molecule has 5 nitrogen and oxygen atoms in total. The summed E-state index contributed by atoms with van der Waals surface area (Å²) in [5.41, 5.74) is 1.64. The fraction of sp³-hybridized carbons (Fsp3) is 0.158. The zero-order chi connectivity index (χ0) is 20.3. The van der Waals surface area contributed by atoms with Crippen LogP contribution in [0.1, 0.15) is 25.1 Å². The zero-order valence-electron chi connectivity index (χ0n) is 15.0. The number of halogens is 3. The number of fused-ring (bicyclic) bond motifs is 1. The normalized spacial score (nSPS) is 13.1. The molecule has 9 heteroatoms. The van der Waals surface area contributed by atoms with E-state index in [9.17, 15) is 13.2 Å². The van der Waals surface area contributed by atoms with Gasteiger partial charge in [-0.2, -0.15) is 13.2 Å². The zero-order valence-corrected chi connectivity index (χ0v) is 15.9. The number of thiol groups is 1. The highest BCUT2D eigenvalue weighted by Gasteiger charge is 2.30. The van der Waals surface area contributed by atoms with Crippen molar-refractivity contribution in [2.24, 2.45) is 4.99 Å². The molecule has 0 amide bonds. The lowest BCUT2D eigenvalue weighted by atomic mass is 10.2. The molecule has 0 aliphatic heterocycles. The second-order valence-electron chi connectivity index (χ2n) is 5.80. The first kappa shape index (κ1) is 19.8. The van der Waals surface area contributed by atoms with Gasteiger partial charge in [-0.15, -0.1) is 12.6 Å². The number of hydrogen-bond donors (Lipinski definition) is 2. The summed E-state index contributed by atoms with van der Waals surface area (Å²) in [6.45, 7) is 3.64. The van der Waals surface area contributed by atoms with E-state index in [-0.39, 0.29) is 5.82 Å². The average Bonchev–Trinajstić information content (AvgIpc) is 2.67. The smallest absolute Gasteiger partial charge is 0.340 e. The van der Waals surface area contributed by atoms with Crippen LogP contribution in [0.3, 0.4) is 0 Å². The molecule has 0 radical (unpaired) electrons. The van der Waals surface area contributed by atoms with E-state index >= 15 is 0 Å². The monoisotopic (exact) mass is 403 g/mol. The summed E-state index contributed by atoms with van der Waals surface area (Å²) in [4.78, 5) is 17.4. The maximum Gasteiger partial charge on any atom is 0.417 e. The lowest BCUT2D eigenvalue weighted by molar-refractivity contribution is -0.137. The quantitative estimate of drug-likeness (QED) is 0.446. The number of nitrogens with zero attached hydrogens (tertiary/aromatic N) is 4. The molecular formula is C19H16F3N5S. The predicted molar refractivity (Wildman–Crippen MR) is 108 cm³/mol. The number of pyridine rings is 3. The number of aliphatic imine (C=N–C) groups is 1. The molecule has 0 aromatic carbocycles. The highest BCUT2D eigenvalue weighted by molar-refractivity contribution is 7.90. The van der Waals surface area contributed by atoms with Gasteiger partial charge < -0.3 is 5.32 Å². The van der Waals surface area contributed by atoms with Crippen LogP contribution in [0.25, 0.3) is 15.9 Å². The Morgan fingerprint density at radius 3 is 2.57 bits per heavy atom. The summed E-state index contributed by atoms with van der Waals surface area (Å²) < 4.78 is 38.0. The van der Waals surface area contributed by atoms with Crippen molar-refractivity contribution in [2.75, 3.05) is 5.32 Å². The van der Waals surface area contributed by atoms with Crippen molar-refractivity contribution in [1.82, 2.24) is 15.0 Å². The Balaban J connectivity index is 1.94. The van der Waals surface area contributed by atoms with Crippen molar-refractivity contribution in [3.05, 3.63) is 59.7 Å². The van der Waals surface area contributed by atoms with Gasteiger partial charge in [-0.25, -0.2) is 15.0 Å². The highest BCUT2D eigenvalue weighted by atomic mass is 32.1. The molecule has 0 saturated heterocycles. The van der Waals surface area contributed by atoms with Crippen LogP contribution in [0.2, 0.25) is 0 Å². The largest absolute Gasteiger partial charge is 0.417 e. The van der Waals surface area contributed by atoms with Crippen LogP contribution in [-0.2, 0) is 6.18 Å². The summed E-state index contributed by atoms with van der Waals surface area (Å²) >= 11 is 4.47. The summed E-state index contributed by atoms with van der Waals surface area (Å²) in [7, 11) is 0. The minimum atomic E-state index is -4.42. The SMILES string of the molecule is CC=N/C(C)=C(\S)c1ccc2c(Nc3ccc(C(F)(F)F)cn3)ccnc2n1. The van der Waals surface area contributed by atoms with Crippen LogP contribution >= 0.6 is 12.6 Å². The second-order valence-corrected chi connectivity index (χ2v) is 6.25. The fourth-order valence-electron chi connectivity index (χ4n) is 2.48. The number of allylic oxidation sites excluding steroid dienone is 1. The van der Waals surface area contributed by atoms with Gasteiger partial charge in [0.15, 0.2) is 5.65 Å². The minimum absolute atomic E-state index is 0.285. The molecule has 3 rings (SSSR count). The summed E-state index contributed by atoms with van der Waals surface area (Å²) in [6, 6.07) is 7.55. The molecule has 28 heavy (non-hydrogen) atoms. The summed E-state index contributed by atoms with van der Waals surface area (Å²) in [5.74, 6) is 0.285. The standard InChI is InChI=1S/C19H16F3N5S/c1-3-23-11(2)17(28)15-6-5-13-14(8-9-24-18(13)27-15)26-16-7-4-12(10-25-16)19(20,21)22/h3-10,28H,1-2H3,(H,24,25,26,27)/b17-11-,23-3?. The van der Waals surface area contributed by atoms with Gasteiger partial charge >= 0.3 is 6.18 Å². The maximum absolute atomic E-state index is 12.7. The Hall–Kier alpha value is -2.94. The van der Waals surface area contributed by atoms with E-state index in [4.69, 9.17) is 0 Å². The van der Waals surface area contributed by atoms with Crippen LogP contribution < -0.4 is 5.32 Å². The van der Waals surface area contributed by atoms with E-state index in [0.717, 1.165) is 18.0 Å². The van der Waals surface area contributed by atoms with E-state index in [1.807, 2.05) is 19.9 Å². The van der Waals surface area contributed by atoms with Crippen molar-refractivity contribution < 1.29 is 13.2 Å². The third kappa shape index (κ3) is 4.30. The Morgan fingerprint density at radius 1 is 1.14 bits per heavy atom. The molecule has 144 valence electrons. The molecule has 0 atom stereocenters. The summed E-state index contributed by atoms with van der Waals surface area (Å²) in [6.07, 6.45) is -0.404. The molecule has 1 N–H and O–H groups in total. The number of hydrogen-bond acceptors (Lipinski definition) is 6. The van der Waals surface area contributed by atoms with E-state index in [1.54, 1.807) is 24.5 Å². The van der Waals surface area contributed by atoms with Gasteiger partial charge in [0.05, 0.1) is 27.5 Å². The molecule has 0 unspecified atom stereocenters. The van der Waals surface area contributed by atoms with Gasteiger partial charge in [0, 0.05) is 24.0 Å². The first-order valence-corrected chi connectivity index (χ1v) is 8.69. The van der Waals surface area contributed by atoms with E-state index in [1.165, 1.54) is 6.07 Å². The number of aromatic nitrogens is 3. The predicted octanol–water partition coefficient (Wildman–Crippen LogP) is 5.50. The lowest BCUT2D eigenvalue weighted by Crippen LogP contribution is -2.06. The summed E-state index contributed by atoms with van der Waals surface area (Å²) in [5, 5.41) is 3.70. The maximum atomic E-state index is 12.7. The van der Waals surface area contributed by atoms with Crippen LogP contribution in [0.5, 0.6) is 0 Å². The Labute approximate surface area is 164 Å². The molecule has 0 fully saturated rings. The number of alkyl halides is 3. The number of rotatable bonds is 4. The molecule has 0 saturated carbocycles. The molecule has 0 bridgehead atoms. The van der Waals surface area contributed by atoms with Crippen molar-refractivity contribution in [3.8, 4) is 0 Å². The molecule has 0 aliphatic rings. The molecule has 0 spiro atoms. The van der Waals surface area contributed by atoms with Crippen molar-refractivity contribution in [2.45, 2.75) is 20.0 Å². The van der Waals surface area contributed by atoms with Gasteiger partial charge in [0.1, 0.15) is 5.82 Å². The van der Waals surface area contributed by atoms with Gasteiger partial charge in [-0.3, -0.25) is 4.99 Å². The first-order valence-electron chi connectivity index (χ1n) is 8.24. The molecule has 3 heterocycles. The van der Waals surface area contributed by atoms with Crippen LogP contribution in [0.4, 0.5) is 24.7 Å². The second kappa shape index (κ2) is 7.97. The minimum Gasteiger partial charge on any atom is -0.340 e.